The Bertz CT molecular complexity index is 326. The minimum atomic E-state index is 0.660. The van der Waals surface area contributed by atoms with Crippen LogP contribution in [-0.4, -0.2) is 35.1 Å². The summed E-state index contributed by atoms with van der Waals surface area (Å²) in [5.74, 6) is 2.66. The highest BCUT2D eigenvalue weighted by molar-refractivity contribution is 8.07. The Morgan fingerprint density at radius 3 is 2.89 bits per heavy atom. The normalized spacial score (nSPS) is 26.1. The molecule has 4 heteroatoms. The van der Waals surface area contributed by atoms with Crippen LogP contribution in [0.15, 0.2) is 16.8 Å². The second kappa shape index (κ2) is 7.83. The van der Waals surface area contributed by atoms with E-state index >= 15 is 0 Å². The molecule has 1 aromatic rings. The van der Waals surface area contributed by atoms with Crippen molar-refractivity contribution in [1.29, 1.82) is 0 Å². The molecule has 0 spiro atoms. The van der Waals surface area contributed by atoms with Crippen LogP contribution in [-0.2, 0) is 6.42 Å². The Labute approximate surface area is 124 Å². The molecule has 0 bridgehead atoms. The van der Waals surface area contributed by atoms with Crippen LogP contribution in [0.2, 0.25) is 0 Å². The number of rotatable bonds is 6. The molecule has 1 aromatic heterocycles. The van der Waals surface area contributed by atoms with Crippen molar-refractivity contribution in [2.75, 3.05) is 18.6 Å². The van der Waals surface area contributed by atoms with Gasteiger partial charge < -0.3 is 5.32 Å². The van der Waals surface area contributed by atoms with Gasteiger partial charge in [-0.25, -0.2) is 0 Å². The summed E-state index contributed by atoms with van der Waals surface area (Å²) in [7, 11) is 2.13. The van der Waals surface area contributed by atoms with E-state index in [0.29, 0.717) is 6.04 Å². The minimum absolute atomic E-state index is 0.660. The molecule has 0 aromatic carbocycles. The molecule has 1 aliphatic heterocycles. The monoisotopic (exact) mass is 301 g/mol. The highest BCUT2D eigenvalue weighted by Crippen LogP contribution is 2.36. The van der Waals surface area contributed by atoms with Gasteiger partial charge in [-0.15, -0.1) is 0 Å². The van der Waals surface area contributed by atoms with Crippen molar-refractivity contribution in [1.82, 2.24) is 5.32 Å². The highest BCUT2D eigenvalue weighted by atomic mass is 32.2. The third-order valence-electron chi connectivity index (χ3n) is 3.59. The molecule has 102 valence electrons. The Balaban J connectivity index is 1.89. The summed E-state index contributed by atoms with van der Waals surface area (Å²) in [6.45, 7) is 2.34. The molecule has 1 N–H and O–H groups in total. The van der Waals surface area contributed by atoms with Crippen LogP contribution in [0.25, 0.3) is 0 Å². The summed E-state index contributed by atoms with van der Waals surface area (Å²) in [5.41, 5.74) is 1.50. The van der Waals surface area contributed by atoms with Crippen LogP contribution < -0.4 is 5.32 Å². The Kier molecular flexibility index (Phi) is 6.42. The molecule has 0 radical (unpaired) electrons. The van der Waals surface area contributed by atoms with Gasteiger partial charge in [-0.2, -0.15) is 34.9 Å². The molecular formula is C14H23NS3. The van der Waals surface area contributed by atoms with E-state index in [1.807, 2.05) is 11.3 Å². The van der Waals surface area contributed by atoms with Crippen LogP contribution in [0, 0.1) is 0 Å². The molecule has 1 nitrogen and oxygen atoms in total. The number of hydrogen-bond donors (Lipinski definition) is 1. The quantitative estimate of drug-likeness (QED) is 0.856. The summed E-state index contributed by atoms with van der Waals surface area (Å²) in [5, 5.41) is 9.66. The number of thioether (sulfide) groups is 2. The zero-order chi connectivity index (χ0) is 12.8. The van der Waals surface area contributed by atoms with Crippen LogP contribution in [0.1, 0.15) is 25.3 Å². The van der Waals surface area contributed by atoms with Crippen molar-refractivity contribution in [3.8, 4) is 0 Å². The molecular weight excluding hydrogens is 278 g/mol. The summed E-state index contributed by atoms with van der Waals surface area (Å²) in [4.78, 5) is 0. The first kappa shape index (κ1) is 14.8. The lowest BCUT2D eigenvalue weighted by molar-refractivity contribution is 0.488. The molecule has 3 unspecified atom stereocenters. The maximum Gasteiger partial charge on any atom is 0.0320 e. The lowest BCUT2D eigenvalue weighted by Crippen LogP contribution is -2.43. The highest BCUT2D eigenvalue weighted by Gasteiger charge is 2.30. The predicted molar refractivity (Wildman–Crippen MR) is 88.3 cm³/mol. The molecule has 18 heavy (non-hydrogen) atoms. The molecule has 1 fully saturated rings. The second-order valence-electron chi connectivity index (χ2n) is 4.72. The zero-order valence-corrected chi connectivity index (χ0v) is 13.7. The van der Waals surface area contributed by atoms with Gasteiger partial charge in [0.1, 0.15) is 0 Å². The van der Waals surface area contributed by atoms with E-state index in [-0.39, 0.29) is 0 Å². The molecule has 3 atom stereocenters. The molecule has 1 aliphatic rings. The van der Waals surface area contributed by atoms with Crippen molar-refractivity contribution in [3.63, 3.8) is 0 Å². The number of hydrogen-bond acceptors (Lipinski definition) is 4. The van der Waals surface area contributed by atoms with Gasteiger partial charge in [0, 0.05) is 28.0 Å². The second-order valence-corrected chi connectivity index (χ2v) is 8.13. The Morgan fingerprint density at radius 1 is 1.39 bits per heavy atom. The molecule has 2 heterocycles. The van der Waals surface area contributed by atoms with Crippen molar-refractivity contribution in [2.45, 2.75) is 42.7 Å². The van der Waals surface area contributed by atoms with E-state index in [1.54, 1.807) is 0 Å². The van der Waals surface area contributed by atoms with Gasteiger partial charge in [0.05, 0.1) is 0 Å². The topological polar surface area (TPSA) is 12.0 Å². The van der Waals surface area contributed by atoms with Gasteiger partial charge in [0.25, 0.3) is 0 Å². The summed E-state index contributed by atoms with van der Waals surface area (Å²) in [6, 6.07) is 2.92. The number of aryl methyl sites for hydroxylation is 1. The number of nitrogens with one attached hydrogen (secondary N) is 1. The fraction of sp³-hybridized carbons (Fsp3) is 0.714. The van der Waals surface area contributed by atoms with E-state index in [9.17, 15) is 0 Å². The fourth-order valence-electron chi connectivity index (χ4n) is 2.54. The largest absolute Gasteiger partial charge is 0.316 e. The molecule has 0 aliphatic carbocycles. The third-order valence-corrected chi connectivity index (χ3v) is 7.72. The van der Waals surface area contributed by atoms with Gasteiger partial charge >= 0.3 is 0 Å². The van der Waals surface area contributed by atoms with Gasteiger partial charge in [-0.05, 0) is 48.7 Å². The van der Waals surface area contributed by atoms with E-state index in [2.05, 4.69) is 59.6 Å². The van der Waals surface area contributed by atoms with Gasteiger partial charge in [-0.3, -0.25) is 0 Å². The van der Waals surface area contributed by atoms with Crippen molar-refractivity contribution >= 4 is 34.9 Å². The molecule has 0 saturated carbocycles. The lowest BCUT2D eigenvalue weighted by Gasteiger charge is -2.36. The lowest BCUT2D eigenvalue weighted by atomic mass is 10.0. The maximum absolute atomic E-state index is 3.57. The number of thiophene rings is 1. The first-order chi connectivity index (χ1) is 8.85. The summed E-state index contributed by atoms with van der Waals surface area (Å²) < 4.78 is 0. The SMILES string of the molecule is CCC1SCCSC1C(CCc1ccsc1)NC. The standard InChI is InChI=1S/C14H23NS3/c1-3-13-14(18-9-8-17-13)12(15-2)5-4-11-6-7-16-10-11/h6-7,10,12-15H,3-5,8-9H2,1-2H3. The summed E-state index contributed by atoms with van der Waals surface area (Å²) in [6.07, 6.45) is 3.79. The molecule has 0 amide bonds. The van der Waals surface area contributed by atoms with E-state index in [1.165, 1.54) is 36.3 Å². The van der Waals surface area contributed by atoms with Crippen LogP contribution >= 0.6 is 34.9 Å². The third kappa shape index (κ3) is 3.92. The molecule has 1 saturated heterocycles. The fourth-order valence-corrected chi connectivity index (χ4v) is 6.59. The predicted octanol–water partition coefficient (Wildman–Crippen LogP) is 3.90. The first-order valence-electron chi connectivity index (χ1n) is 6.76. The minimum Gasteiger partial charge on any atom is -0.316 e. The first-order valence-corrected chi connectivity index (χ1v) is 9.80. The van der Waals surface area contributed by atoms with E-state index in [4.69, 9.17) is 0 Å². The average molecular weight is 302 g/mol. The van der Waals surface area contributed by atoms with Crippen molar-refractivity contribution in [3.05, 3.63) is 22.4 Å². The van der Waals surface area contributed by atoms with E-state index in [0.717, 1.165) is 10.5 Å². The van der Waals surface area contributed by atoms with Crippen molar-refractivity contribution < 1.29 is 0 Å². The Morgan fingerprint density at radius 2 is 2.22 bits per heavy atom. The van der Waals surface area contributed by atoms with Crippen LogP contribution in [0.3, 0.4) is 0 Å². The average Bonchev–Trinajstić information content (AvgIpc) is 2.93. The van der Waals surface area contributed by atoms with Gasteiger partial charge in [0.15, 0.2) is 0 Å². The zero-order valence-electron chi connectivity index (χ0n) is 11.2. The maximum atomic E-state index is 3.57. The van der Waals surface area contributed by atoms with E-state index < -0.39 is 0 Å². The van der Waals surface area contributed by atoms with Crippen molar-refractivity contribution in [2.24, 2.45) is 0 Å². The summed E-state index contributed by atoms with van der Waals surface area (Å²) >= 11 is 6.17. The Hall–Kier alpha value is 0.360. The van der Waals surface area contributed by atoms with Gasteiger partial charge in [-0.1, -0.05) is 6.92 Å². The smallest absolute Gasteiger partial charge is 0.0320 e. The van der Waals surface area contributed by atoms with Crippen LogP contribution in [0.4, 0.5) is 0 Å². The van der Waals surface area contributed by atoms with Gasteiger partial charge in [0.2, 0.25) is 0 Å². The molecule has 2 rings (SSSR count). The van der Waals surface area contributed by atoms with Crippen LogP contribution in [0.5, 0.6) is 0 Å².